The van der Waals surface area contributed by atoms with E-state index < -0.39 is 12.6 Å². The van der Waals surface area contributed by atoms with E-state index in [4.69, 9.17) is 0 Å². The fraction of sp³-hybridized carbons (Fsp3) is 0.800. The maximum absolute atomic E-state index is 11.3. The highest BCUT2D eigenvalue weighted by Crippen LogP contribution is 2.41. The van der Waals surface area contributed by atoms with E-state index in [1.54, 1.807) is 0 Å². The molecule has 1 radical (unpaired) electrons. The van der Waals surface area contributed by atoms with Gasteiger partial charge in [-0.15, -0.1) is 0 Å². The summed E-state index contributed by atoms with van der Waals surface area (Å²) in [5.74, 6) is 0.650. The van der Waals surface area contributed by atoms with Gasteiger partial charge in [0.15, 0.2) is 0 Å². The molecular weight excluding hydrogens is 117 g/mol. The standard InChI is InChI=1S/C5H6F3/c6-5(7,8)3-4-1-2-4/h1-3H2. The van der Waals surface area contributed by atoms with E-state index in [1.165, 1.54) is 0 Å². The molecule has 0 bridgehead atoms. The molecule has 1 rings (SSSR count). The van der Waals surface area contributed by atoms with Crippen molar-refractivity contribution in [3.63, 3.8) is 0 Å². The van der Waals surface area contributed by atoms with Crippen molar-refractivity contribution in [2.45, 2.75) is 25.4 Å². The lowest BCUT2D eigenvalue weighted by Gasteiger charge is -2.01. The Labute approximate surface area is 45.7 Å². The second kappa shape index (κ2) is 1.64. The first kappa shape index (κ1) is 5.92. The van der Waals surface area contributed by atoms with Crippen molar-refractivity contribution in [1.82, 2.24) is 0 Å². The number of hydrogen-bond donors (Lipinski definition) is 0. The first-order valence-electron chi connectivity index (χ1n) is 2.48. The van der Waals surface area contributed by atoms with Crippen molar-refractivity contribution in [3.8, 4) is 0 Å². The van der Waals surface area contributed by atoms with Gasteiger partial charge in [-0.2, -0.15) is 13.2 Å². The second-order valence-electron chi connectivity index (χ2n) is 2.04. The molecule has 0 amide bonds. The van der Waals surface area contributed by atoms with E-state index in [1.807, 2.05) is 0 Å². The quantitative estimate of drug-likeness (QED) is 0.501. The molecule has 0 spiro atoms. The molecule has 0 unspecified atom stereocenters. The molecule has 3 heteroatoms. The molecule has 0 heterocycles. The summed E-state index contributed by atoms with van der Waals surface area (Å²) in [6, 6.07) is 0. The Morgan fingerprint density at radius 3 is 1.88 bits per heavy atom. The fourth-order valence-corrected chi connectivity index (χ4v) is 0.549. The molecule has 0 aromatic rings. The van der Waals surface area contributed by atoms with Crippen LogP contribution in [-0.4, -0.2) is 6.18 Å². The number of halogens is 3. The third-order valence-corrected chi connectivity index (χ3v) is 1.05. The van der Waals surface area contributed by atoms with Gasteiger partial charge in [-0.3, -0.25) is 0 Å². The van der Waals surface area contributed by atoms with Crippen LogP contribution in [0.5, 0.6) is 0 Å². The molecule has 1 aliphatic carbocycles. The molecule has 47 valence electrons. The van der Waals surface area contributed by atoms with E-state index in [-0.39, 0.29) is 0 Å². The summed E-state index contributed by atoms with van der Waals surface area (Å²) in [4.78, 5) is 0. The highest BCUT2D eigenvalue weighted by atomic mass is 19.4. The minimum Gasteiger partial charge on any atom is -0.171 e. The highest BCUT2D eigenvalue weighted by molar-refractivity contribution is 5.06. The zero-order valence-electron chi connectivity index (χ0n) is 4.26. The van der Waals surface area contributed by atoms with Gasteiger partial charge in [-0.1, -0.05) is 0 Å². The molecule has 0 nitrogen and oxygen atoms in total. The molecule has 0 atom stereocenters. The van der Waals surface area contributed by atoms with Gasteiger partial charge < -0.3 is 0 Å². The molecule has 1 fully saturated rings. The average molecular weight is 123 g/mol. The first-order chi connectivity index (χ1) is 3.58. The summed E-state index contributed by atoms with van der Waals surface area (Å²) in [5, 5.41) is 0. The molecule has 0 aliphatic heterocycles. The summed E-state index contributed by atoms with van der Waals surface area (Å²) in [6.45, 7) is 0. The molecule has 0 aromatic carbocycles. The van der Waals surface area contributed by atoms with Crippen LogP contribution < -0.4 is 0 Å². The van der Waals surface area contributed by atoms with Gasteiger partial charge in [0.2, 0.25) is 0 Å². The van der Waals surface area contributed by atoms with Crippen molar-refractivity contribution < 1.29 is 13.2 Å². The third-order valence-electron chi connectivity index (χ3n) is 1.05. The summed E-state index contributed by atoms with van der Waals surface area (Å²) >= 11 is 0. The minimum atomic E-state index is -3.95. The van der Waals surface area contributed by atoms with Gasteiger partial charge in [0.05, 0.1) is 0 Å². The lowest BCUT2D eigenvalue weighted by Crippen LogP contribution is -2.06. The molecular formula is C5H6F3. The number of rotatable bonds is 1. The van der Waals surface area contributed by atoms with Crippen molar-refractivity contribution >= 4 is 0 Å². The zero-order chi connectivity index (χ0) is 6.20. The van der Waals surface area contributed by atoms with Crippen LogP contribution in [0.3, 0.4) is 0 Å². The van der Waals surface area contributed by atoms with Crippen LogP contribution in [0.2, 0.25) is 0 Å². The van der Waals surface area contributed by atoms with E-state index >= 15 is 0 Å². The Balaban J connectivity index is 2.16. The minimum absolute atomic E-state index is 0.646. The van der Waals surface area contributed by atoms with Gasteiger partial charge in [0.1, 0.15) is 0 Å². The third kappa shape index (κ3) is 2.19. The monoisotopic (exact) mass is 123 g/mol. The SMILES string of the molecule is FC(F)(F)C[C]1CC1. The van der Waals surface area contributed by atoms with E-state index in [2.05, 4.69) is 0 Å². The zero-order valence-corrected chi connectivity index (χ0v) is 4.26. The fourth-order valence-electron chi connectivity index (χ4n) is 0.549. The van der Waals surface area contributed by atoms with Crippen LogP contribution in [0.1, 0.15) is 19.3 Å². The van der Waals surface area contributed by atoms with Crippen molar-refractivity contribution in [2.24, 2.45) is 0 Å². The van der Waals surface area contributed by atoms with Crippen LogP contribution in [0.25, 0.3) is 0 Å². The Bertz CT molecular complexity index is 80.2. The molecule has 1 saturated carbocycles. The van der Waals surface area contributed by atoms with Gasteiger partial charge in [0.25, 0.3) is 0 Å². The number of alkyl halides is 3. The molecule has 1 aliphatic rings. The summed E-state index contributed by atoms with van der Waals surface area (Å²) in [7, 11) is 0. The van der Waals surface area contributed by atoms with Gasteiger partial charge in [0, 0.05) is 6.42 Å². The van der Waals surface area contributed by atoms with Crippen molar-refractivity contribution in [3.05, 3.63) is 5.92 Å². The van der Waals surface area contributed by atoms with Gasteiger partial charge in [-0.25, -0.2) is 0 Å². The molecule has 0 N–H and O–H groups in total. The predicted octanol–water partition coefficient (Wildman–Crippen LogP) is 2.31. The van der Waals surface area contributed by atoms with Crippen LogP contribution >= 0.6 is 0 Å². The molecule has 0 saturated heterocycles. The van der Waals surface area contributed by atoms with Crippen LogP contribution in [0.4, 0.5) is 13.2 Å². The predicted molar refractivity (Wildman–Crippen MR) is 23.1 cm³/mol. The maximum Gasteiger partial charge on any atom is 0.389 e. The Morgan fingerprint density at radius 1 is 1.25 bits per heavy atom. The van der Waals surface area contributed by atoms with Gasteiger partial charge >= 0.3 is 6.18 Å². The topological polar surface area (TPSA) is 0 Å². The van der Waals surface area contributed by atoms with E-state index in [0.717, 1.165) is 0 Å². The Morgan fingerprint density at radius 2 is 1.75 bits per heavy atom. The Hall–Kier alpha value is -0.210. The molecule has 8 heavy (non-hydrogen) atoms. The van der Waals surface area contributed by atoms with Gasteiger partial charge in [-0.05, 0) is 18.8 Å². The van der Waals surface area contributed by atoms with Crippen LogP contribution in [0.15, 0.2) is 0 Å². The molecule has 0 aromatic heterocycles. The normalized spacial score (nSPS) is 21.4. The summed E-state index contributed by atoms with van der Waals surface area (Å²) < 4.78 is 34.0. The highest BCUT2D eigenvalue weighted by Gasteiger charge is 2.37. The van der Waals surface area contributed by atoms with Crippen LogP contribution in [-0.2, 0) is 0 Å². The maximum atomic E-state index is 11.3. The van der Waals surface area contributed by atoms with Crippen LogP contribution in [0, 0.1) is 5.92 Å². The first-order valence-corrected chi connectivity index (χ1v) is 2.48. The van der Waals surface area contributed by atoms with Crippen molar-refractivity contribution in [2.75, 3.05) is 0 Å². The summed E-state index contributed by atoms with van der Waals surface area (Å²) in [5.41, 5.74) is 0. The summed E-state index contributed by atoms with van der Waals surface area (Å²) in [6.07, 6.45) is -3.21. The van der Waals surface area contributed by atoms with Crippen molar-refractivity contribution in [1.29, 1.82) is 0 Å². The van der Waals surface area contributed by atoms with E-state index in [0.29, 0.717) is 18.8 Å². The smallest absolute Gasteiger partial charge is 0.171 e. The largest absolute Gasteiger partial charge is 0.389 e. The number of hydrogen-bond acceptors (Lipinski definition) is 0. The Kier molecular flexibility index (Phi) is 1.21. The van der Waals surface area contributed by atoms with E-state index in [9.17, 15) is 13.2 Å². The average Bonchev–Trinajstić information content (AvgIpc) is 2.12. The lowest BCUT2D eigenvalue weighted by molar-refractivity contribution is -0.128. The lowest BCUT2D eigenvalue weighted by atomic mass is 10.3. The second-order valence-corrected chi connectivity index (χ2v) is 2.04.